The Morgan fingerprint density at radius 1 is 0.875 bits per heavy atom. The van der Waals surface area contributed by atoms with Crippen molar-refractivity contribution in [1.29, 1.82) is 0 Å². The lowest BCUT2D eigenvalue weighted by molar-refractivity contribution is -0.434. The maximum Gasteiger partial charge on any atom is 0.496 e. The number of hydrogen-bond acceptors (Lipinski definition) is 7. The molecule has 0 rings (SSSR count). The van der Waals surface area contributed by atoms with Crippen molar-refractivity contribution in [3.63, 3.8) is 0 Å². The highest BCUT2D eigenvalue weighted by atomic mass is 28.4. The fourth-order valence-corrected chi connectivity index (χ4v) is 3.27. The van der Waals surface area contributed by atoms with Gasteiger partial charge in [-0.2, -0.15) is 44.7 Å². The summed E-state index contributed by atoms with van der Waals surface area (Å²) < 4.78 is 100. The lowest BCUT2D eigenvalue weighted by atomic mass is 10.3. The minimum atomic E-state index is -6.58. The minimum Gasteiger partial charge on any atom is -0.326 e. The van der Waals surface area contributed by atoms with Crippen molar-refractivity contribution in [2.45, 2.75) is 37.3 Å². The van der Waals surface area contributed by atoms with Crippen LogP contribution < -0.4 is 0 Å². The molecule has 134 valence electrons. The zero-order valence-electron chi connectivity index (χ0n) is 11.4. The first-order valence-corrected chi connectivity index (χ1v) is 7.54. The summed E-state index contributed by atoms with van der Waals surface area (Å²) >= 11 is 0. The Morgan fingerprint density at radius 3 is 1.42 bits per heavy atom. The number of isocyanates is 3. The molecule has 0 radical (unpaired) electrons. The zero-order valence-corrected chi connectivity index (χ0v) is 12.4. The molecule has 0 saturated heterocycles. The average molecular weight is 381 g/mol. The second-order valence-electron chi connectivity index (χ2n) is 3.90. The molecule has 1 unspecified atom stereocenters. The maximum atomic E-state index is 13.6. The molecule has 0 bridgehead atoms. The largest absolute Gasteiger partial charge is 0.496 e. The fourth-order valence-electron chi connectivity index (χ4n) is 1.42. The summed E-state index contributed by atoms with van der Waals surface area (Å²) in [5.74, 6) is -6.19. The summed E-state index contributed by atoms with van der Waals surface area (Å²) in [7, 11) is -5.05. The van der Waals surface area contributed by atoms with Gasteiger partial charge in [-0.3, -0.25) is 0 Å². The van der Waals surface area contributed by atoms with Gasteiger partial charge in [-0.1, -0.05) is 6.92 Å². The Hall–Kier alpha value is -2.17. The predicted octanol–water partition coefficient (Wildman–Crippen LogP) is 2.06. The first kappa shape index (κ1) is 21.8. The van der Waals surface area contributed by atoms with Gasteiger partial charge in [0, 0.05) is 0 Å². The van der Waals surface area contributed by atoms with Crippen molar-refractivity contribution in [1.82, 2.24) is 0 Å². The van der Waals surface area contributed by atoms with Crippen molar-refractivity contribution < 1.29 is 49.9 Å². The Balaban J connectivity index is 6.37. The van der Waals surface area contributed by atoms with Crippen LogP contribution >= 0.6 is 0 Å². The van der Waals surface area contributed by atoms with E-state index >= 15 is 0 Å². The molecule has 1 atom stereocenters. The van der Waals surface area contributed by atoms with Gasteiger partial charge in [-0.25, -0.2) is 14.4 Å². The Kier molecular flexibility index (Phi) is 6.91. The normalized spacial score (nSPS) is 16.0. The van der Waals surface area contributed by atoms with Gasteiger partial charge in [0.15, 0.2) is 0 Å². The van der Waals surface area contributed by atoms with Gasteiger partial charge < -0.3 is 4.74 Å². The lowest BCUT2D eigenvalue weighted by Crippen LogP contribution is -2.60. The molecule has 7 nitrogen and oxygen atoms in total. The molecule has 0 amide bonds. The topological polar surface area (TPSA) is 97.5 Å². The fraction of sp³-hybridized carbons (Fsp3) is 0.667. The van der Waals surface area contributed by atoms with E-state index in [1.165, 1.54) is 0 Å². The van der Waals surface area contributed by atoms with Gasteiger partial charge in [0.1, 0.15) is 5.73 Å². The molecule has 0 aliphatic heterocycles. The smallest absolute Gasteiger partial charge is 0.326 e. The van der Waals surface area contributed by atoms with E-state index in [1.807, 2.05) is 0 Å². The van der Waals surface area contributed by atoms with Crippen LogP contribution in [0.5, 0.6) is 0 Å². The van der Waals surface area contributed by atoms with E-state index in [1.54, 1.807) is 0 Å². The monoisotopic (exact) mass is 381 g/mol. The molecule has 0 fully saturated rings. The van der Waals surface area contributed by atoms with Crippen LogP contribution in [0.2, 0.25) is 0 Å². The summed E-state index contributed by atoms with van der Waals surface area (Å²) in [5.41, 5.74) is -2.62. The molecule has 0 aliphatic carbocycles. The number of alkyl halides is 7. The highest BCUT2D eigenvalue weighted by Gasteiger charge is 2.76. The van der Waals surface area contributed by atoms with Gasteiger partial charge in [0.25, 0.3) is 0 Å². The summed E-state index contributed by atoms with van der Waals surface area (Å²) in [5, 5.41) is 0. The second kappa shape index (κ2) is 7.60. The van der Waals surface area contributed by atoms with Gasteiger partial charge in [0.2, 0.25) is 18.2 Å². The Morgan fingerprint density at radius 2 is 1.21 bits per heavy atom. The molecule has 0 N–H and O–H groups in total. The quantitative estimate of drug-likeness (QED) is 0.292. The van der Waals surface area contributed by atoms with Gasteiger partial charge in [0.05, 0.1) is 0 Å². The number of halogens is 7. The number of hydrogen-bond donors (Lipinski definition) is 0. The van der Waals surface area contributed by atoms with E-state index < -0.39 is 38.9 Å². The maximum absolute atomic E-state index is 13.6. The van der Waals surface area contributed by atoms with E-state index in [-0.39, 0.29) is 0 Å². The number of carbonyl (C=O) groups excluding carboxylic acids is 3. The van der Waals surface area contributed by atoms with E-state index in [9.17, 15) is 45.1 Å². The standard InChI is InChI=1S/C9H6F7N3O4Si/c1-2-6(24(17-3-20,18-4-21)19-5-22)23-7(10,8(11,12)13)9(14,15)16/h6H,2H2,1H3. The van der Waals surface area contributed by atoms with Crippen LogP contribution in [0.25, 0.3) is 0 Å². The van der Waals surface area contributed by atoms with Crippen molar-refractivity contribution >= 4 is 26.8 Å². The van der Waals surface area contributed by atoms with E-state index in [4.69, 9.17) is 0 Å². The molecular weight excluding hydrogens is 375 g/mol. The molecule has 24 heavy (non-hydrogen) atoms. The zero-order chi connectivity index (χ0) is 19.2. The first-order chi connectivity index (χ1) is 10.8. The molecule has 0 aliphatic rings. The van der Waals surface area contributed by atoms with E-state index in [0.29, 0.717) is 18.2 Å². The predicted molar refractivity (Wildman–Crippen MR) is 61.2 cm³/mol. The summed E-state index contributed by atoms with van der Waals surface area (Å²) in [6.07, 6.45) is -12.0. The SMILES string of the molecule is CCC(OC(F)(C(F)(F)F)C(F)(F)F)[Si](N=C=O)(N=C=O)N=C=O. The van der Waals surface area contributed by atoms with Crippen LogP contribution in [-0.2, 0) is 19.1 Å². The van der Waals surface area contributed by atoms with E-state index in [2.05, 4.69) is 18.7 Å². The molecule has 0 heterocycles. The third kappa shape index (κ3) is 4.22. The molecule has 15 heteroatoms. The third-order valence-electron chi connectivity index (χ3n) is 2.47. The highest BCUT2D eigenvalue weighted by Crippen LogP contribution is 2.48. The van der Waals surface area contributed by atoms with Crippen LogP contribution in [-0.4, -0.2) is 50.7 Å². The third-order valence-corrected chi connectivity index (χ3v) is 5.12. The van der Waals surface area contributed by atoms with Crippen molar-refractivity contribution in [2.75, 3.05) is 0 Å². The van der Waals surface area contributed by atoms with Crippen molar-refractivity contribution in [3.8, 4) is 0 Å². The highest BCUT2D eigenvalue weighted by molar-refractivity contribution is 6.77. The average Bonchev–Trinajstić information content (AvgIpc) is 2.42. The van der Waals surface area contributed by atoms with Gasteiger partial charge >= 0.3 is 26.8 Å². The van der Waals surface area contributed by atoms with Crippen molar-refractivity contribution in [2.24, 2.45) is 14.0 Å². The molecule has 0 spiro atoms. The molecular formula is C9H6F7N3O4Si. The first-order valence-electron chi connectivity index (χ1n) is 5.62. The lowest BCUT2D eigenvalue weighted by Gasteiger charge is -2.34. The summed E-state index contributed by atoms with van der Waals surface area (Å²) in [6.45, 7) is 0.889. The van der Waals surface area contributed by atoms with Crippen molar-refractivity contribution in [3.05, 3.63) is 0 Å². The number of ether oxygens (including phenoxy) is 1. The van der Waals surface area contributed by atoms with Crippen LogP contribution in [0.1, 0.15) is 13.3 Å². The minimum absolute atomic E-state index is 0.683. The Bertz CT molecular complexity index is 544. The molecule has 0 aromatic carbocycles. The van der Waals surface area contributed by atoms with Gasteiger partial charge in [-0.05, 0) is 6.42 Å². The Labute approximate surface area is 129 Å². The van der Waals surface area contributed by atoms with Gasteiger partial charge in [-0.15, -0.1) is 0 Å². The van der Waals surface area contributed by atoms with Crippen LogP contribution in [0.15, 0.2) is 14.0 Å². The molecule has 0 aromatic rings. The summed E-state index contributed by atoms with van der Waals surface area (Å²) in [4.78, 5) is 31.0. The van der Waals surface area contributed by atoms with Crippen LogP contribution in [0, 0.1) is 0 Å². The van der Waals surface area contributed by atoms with Crippen LogP contribution in [0.3, 0.4) is 0 Å². The summed E-state index contributed by atoms with van der Waals surface area (Å²) in [6, 6.07) is 0. The van der Waals surface area contributed by atoms with Crippen LogP contribution in [0.4, 0.5) is 30.7 Å². The second-order valence-corrected chi connectivity index (χ2v) is 6.59. The number of rotatable bonds is 7. The molecule has 0 saturated carbocycles. The molecule has 0 aromatic heterocycles. The van der Waals surface area contributed by atoms with E-state index in [0.717, 1.165) is 6.92 Å². The number of nitrogens with zero attached hydrogens (tertiary/aromatic N) is 3.